The molecule has 1 aromatic carbocycles. The van der Waals surface area contributed by atoms with Crippen molar-refractivity contribution in [3.63, 3.8) is 0 Å². The minimum absolute atomic E-state index is 0.169. The van der Waals surface area contributed by atoms with Crippen molar-refractivity contribution in [1.29, 1.82) is 0 Å². The molecule has 0 aliphatic carbocycles. The third kappa shape index (κ3) is 4.54. The topological polar surface area (TPSA) is 0 Å². The highest BCUT2D eigenvalue weighted by Gasteiger charge is 2.14. The maximum Gasteiger partial charge on any atom is 0.129 e. The van der Waals surface area contributed by atoms with Crippen LogP contribution in [0.4, 0.5) is 0 Å². The lowest BCUT2D eigenvalue weighted by Gasteiger charge is -2.19. The van der Waals surface area contributed by atoms with Gasteiger partial charge in [0, 0.05) is 5.57 Å². The van der Waals surface area contributed by atoms with Gasteiger partial charge in [0.2, 0.25) is 0 Å². The first kappa shape index (κ1) is 14.8. The van der Waals surface area contributed by atoms with E-state index in [4.69, 9.17) is 0 Å². The first-order valence-electron chi connectivity index (χ1n) is 6.42. The van der Waals surface area contributed by atoms with Gasteiger partial charge in [-0.1, -0.05) is 71.1 Å². The number of hydrogen-bond acceptors (Lipinski definition) is 0. The van der Waals surface area contributed by atoms with E-state index in [0.717, 1.165) is 11.1 Å². The van der Waals surface area contributed by atoms with E-state index < -0.39 is 8.07 Å². The molecule has 0 atom stereocenters. The SMILES string of the molecule is C=C(C#C[Si](C)(C)C)c1cccc(C(C)(C)C)c1. The maximum atomic E-state index is 4.10. The maximum absolute atomic E-state index is 4.10. The van der Waals surface area contributed by atoms with Gasteiger partial charge in [0.1, 0.15) is 8.07 Å². The fourth-order valence-electron chi connectivity index (χ4n) is 1.51. The molecular weight excluding hydrogens is 232 g/mol. The van der Waals surface area contributed by atoms with Gasteiger partial charge < -0.3 is 0 Å². The highest BCUT2D eigenvalue weighted by molar-refractivity contribution is 6.84. The van der Waals surface area contributed by atoms with Crippen LogP contribution in [-0.2, 0) is 5.41 Å². The van der Waals surface area contributed by atoms with Gasteiger partial charge in [-0.05, 0) is 22.6 Å². The average Bonchev–Trinajstić information content (AvgIpc) is 2.24. The zero-order chi connectivity index (χ0) is 14.0. The molecule has 0 bridgehead atoms. The third-order valence-electron chi connectivity index (χ3n) is 2.67. The van der Waals surface area contributed by atoms with Crippen molar-refractivity contribution in [3.8, 4) is 11.5 Å². The van der Waals surface area contributed by atoms with Crippen molar-refractivity contribution in [3.05, 3.63) is 42.0 Å². The zero-order valence-corrected chi connectivity index (χ0v) is 13.5. The van der Waals surface area contributed by atoms with E-state index in [-0.39, 0.29) is 5.41 Å². The quantitative estimate of drug-likeness (QED) is 0.496. The Morgan fingerprint density at radius 3 is 2.28 bits per heavy atom. The second-order valence-corrected chi connectivity index (χ2v) is 11.6. The van der Waals surface area contributed by atoms with Gasteiger partial charge in [-0.25, -0.2) is 0 Å². The van der Waals surface area contributed by atoms with Crippen LogP contribution in [0.5, 0.6) is 0 Å². The van der Waals surface area contributed by atoms with Crippen molar-refractivity contribution in [1.82, 2.24) is 0 Å². The monoisotopic (exact) mass is 256 g/mol. The molecule has 0 aliphatic rings. The molecular formula is C17H24Si. The minimum Gasteiger partial charge on any atom is -0.127 e. The molecule has 0 unspecified atom stereocenters. The molecule has 0 amide bonds. The Labute approximate surface area is 113 Å². The Bertz CT molecular complexity index is 499. The Hall–Kier alpha value is -1.26. The largest absolute Gasteiger partial charge is 0.129 e. The molecule has 96 valence electrons. The predicted octanol–water partition coefficient (Wildman–Crippen LogP) is 4.88. The zero-order valence-electron chi connectivity index (χ0n) is 12.5. The molecule has 0 spiro atoms. The summed E-state index contributed by atoms with van der Waals surface area (Å²) in [5.74, 6) is 3.23. The highest BCUT2D eigenvalue weighted by Crippen LogP contribution is 2.24. The van der Waals surface area contributed by atoms with Gasteiger partial charge in [-0.15, -0.1) is 5.54 Å². The summed E-state index contributed by atoms with van der Waals surface area (Å²) >= 11 is 0. The standard InChI is InChI=1S/C17H24Si/c1-14(11-12-18(5,6)7)15-9-8-10-16(13-15)17(2,3)4/h8-10,13H,1H2,2-7H3. The van der Waals surface area contributed by atoms with Crippen LogP contribution in [0.25, 0.3) is 5.57 Å². The summed E-state index contributed by atoms with van der Waals surface area (Å²) in [6.45, 7) is 17.5. The molecule has 18 heavy (non-hydrogen) atoms. The van der Waals surface area contributed by atoms with E-state index in [1.165, 1.54) is 5.56 Å². The average molecular weight is 256 g/mol. The molecule has 1 aromatic rings. The van der Waals surface area contributed by atoms with Crippen LogP contribution < -0.4 is 0 Å². The fraction of sp³-hybridized carbons (Fsp3) is 0.412. The van der Waals surface area contributed by atoms with Crippen LogP contribution >= 0.6 is 0 Å². The van der Waals surface area contributed by atoms with E-state index in [1.54, 1.807) is 0 Å². The van der Waals surface area contributed by atoms with Gasteiger partial charge in [-0.2, -0.15) is 0 Å². The fourth-order valence-corrected chi connectivity index (χ4v) is 2.03. The van der Waals surface area contributed by atoms with Crippen LogP contribution in [0, 0.1) is 11.5 Å². The smallest absolute Gasteiger partial charge is 0.127 e. The summed E-state index contributed by atoms with van der Waals surface area (Å²) < 4.78 is 0. The molecule has 1 heteroatoms. The van der Waals surface area contributed by atoms with Crippen LogP contribution in [0.1, 0.15) is 31.9 Å². The van der Waals surface area contributed by atoms with Crippen LogP contribution in [0.15, 0.2) is 30.8 Å². The van der Waals surface area contributed by atoms with Crippen molar-refractivity contribution in [2.75, 3.05) is 0 Å². The predicted molar refractivity (Wildman–Crippen MR) is 85.3 cm³/mol. The number of hydrogen-bond donors (Lipinski definition) is 0. The van der Waals surface area contributed by atoms with E-state index in [9.17, 15) is 0 Å². The number of allylic oxidation sites excluding steroid dienone is 1. The van der Waals surface area contributed by atoms with Crippen molar-refractivity contribution in [2.45, 2.75) is 45.8 Å². The van der Waals surface area contributed by atoms with Crippen molar-refractivity contribution in [2.24, 2.45) is 0 Å². The van der Waals surface area contributed by atoms with Gasteiger partial charge in [0.15, 0.2) is 0 Å². The second-order valence-electron chi connectivity index (χ2n) is 6.81. The molecule has 1 rings (SSSR count). The van der Waals surface area contributed by atoms with Crippen molar-refractivity contribution >= 4 is 13.6 Å². The highest BCUT2D eigenvalue weighted by atomic mass is 28.3. The second kappa shape index (κ2) is 5.16. The lowest BCUT2D eigenvalue weighted by molar-refractivity contribution is 0.590. The Balaban J connectivity index is 3.04. The van der Waals surface area contributed by atoms with Gasteiger partial charge in [0.25, 0.3) is 0 Å². The summed E-state index contributed by atoms with van der Waals surface area (Å²) in [7, 11) is -1.33. The summed E-state index contributed by atoms with van der Waals surface area (Å²) in [6.07, 6.45) is 0. The Morgan fingerprint density at radius 2 is 1.78 bits per heavy atom. The summed E-state index contributed by atoms with van der Waals surface area (Å²) in [5.41, 5.74) is 6.95. The summed E-state index contributed by atoms with van der Waals surface area (Å²) in [6, 6.07) is 8.57. The number of benzene rings is 1. The Kier molecular flexibility index (Phi) is 4.24. The molecule has 0 aromatic heterocycles. The molecule has 0 aliphatic heterocycles. The van der Waals surface area contributed by atoms with Crippen molar-refractivity contribution < 1.29 is 0 Å². The van der Waals surface area contributed by atoms with E-state index in [0.29, 0.717) is 0 Å². The molecule has 0 nitrogen and oxygen atoms in total. The first-order chi connectivity index (χ1) is 8.09. The molecule has 0 saturated carbocycles. The lowest BCUT2D eigenvalue weighted by atomic mass is 9.85. The molecule has 0 N–H and O–H groups in total. The van der Waals surface area contributed by atoms with Crippen LogP contribution in [0.2, 0.25) is 19.6 Å². The van der Waals surface area contributed by atoms with E-state index in [2.05, 4.69) is 82.7 Å². The first-order valence-corrected chi connectivity index (χ1v) is 9.92. The molecule has 0 heterocycles. The van der Waals surface area contributed by atoms with Gasteiger partial charge in [-0.3, -0.25) is 0 Å². The van der Waals surface area contributed by atoms with E-state index >= 15 is 0 Å². The minimum atomic E-state index is -1.33. The molecule has 0 fully saturated rings. The molecule has 0 radical (unpaired) electrons. The van der Waals surface area contributed by atoms with Crippen LogP contribution in [-0.4, -0.2) is 8.07 Å². The van der Waals surface area contributed by atoms with E-state index in [1.807, 2.05) is 0 Å². The van der Waals surface area contributed by atoms with Gasteiger partial charge >= 0.3 is 0 Å². The normalized spacial score (nSPS) is 11.7. The third-order valence-corrected chi connectivity index (χ3v) is 3.54. The molecule has 0 saturated heterocycles. The summed E-state index contributed by atoms with van der Waals surface area (Å²) in [4.78, 5) is 0. The van der Waals surface area contributed by atoms with Crippen LogP contribution in [0.3, 0.4) is 0 Å². The summed E-state index contributed by atoms with van der Waals surface area (Å²) in [5, 5.41) is 0. The lowest BCUT2D eigenvalue weighted by Crippen LogP contribution is -2.16. The van der Waals surface area contributed by atoms with Gasteiger partial charge in [0.05, 0.1) is 0 Å². The number of rotatable bonds is 1. The Morgan fingerprint density at radius 1 is 1.17 bits per heavy atom.